The molecular formula is C12H15ClFN3O3. The molecule has 0 unspecified atom stereocenters. The van der Waals surface area contributed by atoms with Gasteiger partial charge < -0.3 is 10.2 Å². The third-order valence-electron chi connectivity index (χ3n) is 3.15. The van der Waals surface area contributed by atoms with Crippen LogP contribution in [0.1, 0.15) is 17.3 Å². The lowest BCUT2D eigenvalue weighted by Crippen LogP contribution is -2.52. The van der Waals surface area contributed by atoms with Gasteiger partial charge in [0, 0.05) is 31.7 Å². The lowest BCUT2D eigenvalue weighted by atomic mass is 10.1. The molecular weight excluding hydrogens is 289 g/mol. The fraction of sp³-hybridized carbons (Fsp3) is 0.417. The van der Waals surface area contributed by atoms with Crippen LogP contribution in [0.15, 0.2) is 18.2 Å². The molecule has 0 saturated carbocycles. The molecule has 1 N–H and O–H groups in total. The molecule has 1 aromatic rings. The van der Waals surface area contributed by atoms with Crippen molar-refractivity contribution in [2.24, 2.45) is 0 Å². The van der Waals surface area contributed by atoms with Crippen molar-refractivity contribution in [1.82, 2.24) is 10.2 Å². The molecule has 110 valence electrons. The summed E-state index contributed by atoms with van der Waals surface area (Å²) in [4.78, 5) is 24.1. The van der Waals surface area contributed by atoms with E-state index in [1.54, 1.807) is 0 Å². The normalized spacial score (nSPS) is 18.3. The highest BCUT2D eigenvalue weighted by atomic mass is 35.5. The fourth-order valence-corrected chi connectivity index (χ4v) is 2.14. The van der Waals surface area contributed by atoms with Crippen LogP contribution in [0.3, 0.4) is 0 Å². The van der Waals surface area contributed by atoms with Crippen molar-refractivity contribution in [3.05, 3.63) is 39.7 Å². The summed E-state index contributed by atoms with van der Waals surface area (Å²) < 4.78 is 13.2. The number of carbonyl (C=O) groups excluding carboxylic acids is 1. The highest BCUT2D eigenvalue weighted by molar-refractivity contribution is 5.98. The van der Waals surface area contributed by atoms with Gasteiger partial charge in [0.05, 0.1) is 4.92 Å². The summed E-state index contributed by atoms with van der Waals surface area (Å²) in [6.45, 7) is 3.54. The molecule has 1 aliphatic heterocycles. The van der Waals surface area contributed by atoms with Crippen molar-refractivity contribution in [2.45, 2.75) is 13.0 Å². The van der Waals surface area contributed by atoms with Gasteiger partial charge in [0.15, 0.2) is 0 Å². The first kappa shape index (κ1) is 16.3. The summed E-state index contributed by atoms with van der Waals surface area (Å²) >= 11 is 0. The van der Waals surface area contributed by atoms with Crippen LogP contribution in [0.5, 0.6) is 0 Å². The summed E-state index contributed by atoms with van der Waals surface area (Å²) in [6, 6.07) is 2.85. The van der Waals surface area contributed by atoms with Crippen LogP contribution in [0.2, 0.25) is 0 Å². The minimum Gasteiger partial charge on any atom is -0.333 e. The van der Waals surface area contributed by atoms with E-state index in [1.807, 2.05) is 6.92 Å². The van der Waals surface area contributed by atoms with Gasteiger partial charge >= 0.3 is 0 Å². The molecule has 0 aromatic heterocycles. The Hall–Kier alpha value is -1.73. The van der Waals surface area contributed by atoms with Crippen LogP contribution in [0.25, 0.3) is 0 Å². The summed E-state index contributed by atoms with van der Waals surface area (Å²) in [6.07, 6.45) is 0. The minimum absolute atomic E-state index is 0. The number of nitrogens with zero attached hydrogens (tertiary/aromatic N) is 2. The first-order valence-electron chi connectivity index (χ1n) is 5.96. The Kier molecular flexibility index (Phi) is 5.41. The molecule has 1 amide bonds. The van der Waals surface area contributed by atoms with E-state index in [9.17, 15) is 19.3 Å². The Bertz CT molecular complexity index is 527. The van der Waals surface area contributed by atoms with Gasteiger partial charge in [-0.1, -0.05) is 0 Å². The van der Waals surface area contributed by atoms with Gasteiger partial charge in [-0.3, -0.25) is 14.9 Å². The van der Waals surface area contributed by atoms with Crippen molar-refractivity contribution < 1.29 is 14.1 Å². The molecule has 6 nitrogen and oxygen atoms in total. The number of piperazine rings is 1. The van der Waals surface area contributed by atoms with E-state index in [0.717, 1.165) is 18.2 Å². The van der Waals surface area contributed by atoms with Crippen molar-refractivity contribution in [2.75, 3.05) is 19.6 Å². The molecule has 1 fully saturated rings. The molecule has 0 aliphatic carbocycles. The zero-order valence-electron chi connectivity index (χ0n) is 10.8. The van der Waals surface area contributed by atoms with Gasteiger partial charge in [0.1, 0.15) is 11.4 Å². The molecule has 1 atom stereocenters. The third-order valence-corrected chi connectivity index (χ3v) is 3.15. The van der Waals surface area contributed by atoms with Gasteiger partial charge in [0.25, 0.3) is 11.6 Å². The molecule has 0 spiro atoms. The number of nitro benzene ring substituents is 1. The quantitative estimate of drug-likeness (QED) is 0.665. The summed E-state index contributed by atoms with van der Waals surface area (Å²) in [5.41, 5.74) is -0.559. The number of nitrogens with one attached hydrogen (secondary N) is 1. The molecule has 1 heterocycles. The number of amides is 1. The highest BCUT2D eigenvalue weighted by Crippen LogP contribution is 2.22. The van der Waals surface area contributed by atoms with Gasteiger partial charge in [0.2, 0.25) is 0 Å². The van der Waals surface area contributed by atoms with Crippen molar-refractivity contribution >= 4 is 24.0 Å². The van der Waals surface area contributed by atoms with E-state index in [2.05, 4.69) is 5.32 Å². The molecule has 8 heteroatoms. The minimum atomic E-state index is -0.667. The lowest BCUT2D eigenvalue weighted by Gasteiger charge is -2.33. The van der Waals surface area contributed by atoms with Gasteiger partial charge in [-0.15, -0.1) is 12.4 Å². The molecule has 0 radical (unpaired) electrons. The van der Waals surface area contributed by atoms with Crippen molar-refractivity contribution in [1.29, 1.82) is 0 Å². The third kappa shape index (κ3) is 3.23. The summed E-state index contributed by atoms with van der Waals surface area (Å²) in [7, 11) is 0. The Balaban J connectivity index is 0.00000200. The molecule has 1 aromatic carbocycles. The second kappa shape index (κ2) is 6.62. The number of rotatable bonds is 2. The van der Waals surface area contributed by atoms with Gasteiger partial charge in [-0.2, -0.15) is 0 Å². The van der Waals surface area contributed by atoms with E-state index in [1.165, 1.54) is 4.90 Å². The van der Waals surface area contributed by atoms with Crippen LogP contribution < -0.4 is 5.32 Å². The second-order valence-corrected chi connectivity index (χ2v) is 4.47. The van der Waals surface area contributed by atoms with E-state index >= 15 is 0 Å². The number of carbonyl (C=O) groups is 1. The predicted octanol–water partition coefficient (Wildman–Crippen LogP) is 1.59. The van der Waals surface area contributed by atoms with E-state index < -0.39 is 16.6 Å². The smallest absolute Gasteiger partial charge is 0.282 e. The Morgan fingerprint density at radius 2 is 2.25 bits per heavy atom. The van der Waals surface area contributed by atoms with Gasteiger partial charge in [-0.25, -0.2) is 4.39 Å². The first-order valence-corrected chi connectivity index (χ1v) is 5.96. The summed E-state index contributed by atoms with van der Waals surface area (Å²) in [5, 5.41) is 14.0. The lowest BCUT2D eigenvalue weighted by molar-refractivity contribution is -0.385. The average molecular weight is 304 g/mol. The van der Waals surface area contributed by atoms with Crippen molar-refractivity contribution in [3.63, 3.8) is 0 Å². The van der Waals surface area contributed by atoms with Crippen LogP contribution in [0.4, 0.5) is 10.1 Å². The summed E-state index contributed by atoms with van der Waals surface area (Å²) in [5.74, 6) is -1.16. The molecule has 1 aliphatic rings. The van der Waals surface area contributed by atoms with E-state index in [-0.39, 0.29) is 29.7 Å². The maximum atomic E-state index is 13.2. The fourth-order valence-electron chi connectivity index (χ4n) is 2.14. The van der Waals surface area contributed by atoms with Crippen molar-refractivity contribution in [3.8, 4) is 0 Å². The molecule has 2 rings (SSSR count). The molecule has 0 bridgehead atoms. The Morgan fingerprint density at radius 3 is 2.85 bits per heavy atom. The Labute approximate surface area is 121 Å². The number of halogens is 2. The first-order chi connectivity index (χ1) is 9.00. The zero-order valence-corrected chi connectivity index (χ0v) is 11.7. The zero-order chi connectivity index (χ0) is 14.0. The van der Waals surface area contributed by atoms with Crippen LogP contribution >= 0.6 is 12.4 Å². The topological polar surface area (TPSA) is 75.5 Å². The number of nitro groups is 1. The van der Waals surface area contributed by atoms with Crippen LogP contribution in [0, 0.1) is 15.9 Å². The largest absolute Gasteiger partial charge is 0.333 e. The van der Waals surface area contributed by atoms with E-state index in [0.29, 0.717) is 19.6 Å². The monoisotopic (exact) mass is 303 g/mol. The van der Waals surface area contributed by atoms with Gasteiger partial charge in [-0.05, 0) is 19.1 Å². The Morgan fingerprint density at radius 1 is 1.55 bits per heavy atom. The maximum absolute atomic E-state index is 13.2. The SMILES string of the molecule is C[C@H]1CNCCN1C(=O)c1cc(F)ccc1[N+](=O)[O-].Cl. The standard InChI is InChI=1S/C12H14FN3O3.ClH/c1-8-7-14-4-5-15(8)12(17)10-6-9(13)2-3-11(10)16(18)19;/h2-3,6,8,14H,4-5,7H2,1H3;1H/t8-;/m0./s1. The highest BCUT2D eigenvalue weighted by Gasteiger charge is 2.29. The molecule has 1 saturated heterocycles. The maximum Gasteiger partial charge on any atom is 0.282 e. The van der Waals surface area contributed by atoms with Crippen LogP contribution in [-0.2, 0) is 0 Å². The average Bonchev–Trinajstić information content (AvgIpc) is 2.38. The predicted molar refractivity (Wildman–Crippen MR) is 73.7 cm³/mol. The van der Waals surface area contributed by atoms with Crippen LogP contribution in [-0.4, -0.2) is 41.4 Å². The number of hydrogen-bond donors (Lipinski definition) is 1. The number of benzene rings is 1. The number of hydrogen-bond acceptors (Lipinski definition) is 4. The second-order valence-electron chi connectivity index (χ2n) is 4.47. The molecule has 20 heavy (non-hydrogen) atoms. The van der Waals surface area contributed by atoms with E-state index in [4.69, 9.17) is 0 Å².